The molecule has 0 unspecified atom stereocenters. The van der Waals surface area contributed by atoms with Crippen LogP contribution in [0.2, 0.25) is 0 Å². The van der Waals surface area contributed by atoms with E-state index in [9.17, 15) is 18.0 Å². The van der Waals surface area contributed by atoms with Crippen LogP contribution >= 0.6 is 0 Å². The number of amides is 1. The first kappa shape index (κ1) is 21.6. The lowest BCUT2D eigenvalue weighted by Crippen LogP contribution is -2.24. The predicted octanol–water partition coefficient (Wildman–Crippen LogP) is 2.58. The summed E-state index contributed by atoms with van der Waals surface area (Å²) in [6.07, 6.45) is 0.549. The van der Waals surface area contributed by atoms with Crippen molar-refractivity contribution in [2.75, 3.05) is 19.0 Å². The molecule has 0 heterocycles. The van der Waals surface area contributed by atoms with Crippen LogP contribution in [0.1, 0.15) is 30.4 Å². The summed E-state index contributed by atoms with van der Waals surface area (Å²) in [5.41, 5.74) is 1.68. The van der Waals surface area contributed by atoms with Crippen molar-refractivity contribution in [1.29, 1.82) is 0 Å². The van der Waals surface area contributed by atoms with Gasteiger partial charge in [0.2, 0.25) is 10.0 Å². The molecule has 2 N–H and O–H groups in total. The molecule has 28 heavy (non-hydrogen) atoms. The first-order chi connectivity index (χ1) is 13.3. The summed E-state index contributed by atoms with van der Waals surface area (Å²) in [7, 11) is -2.33. The van der Waals surface area contributed by atoms with Crippen LogP contribution in [0.4, 0.5) is 5.69 Å². The van der Waals surface area contributed by atoms with Gasteiger partial charge in [-0.1, -0.05) is 43.3 Å². The Labute approximate surface area is 165 Å². The quantitative estimate of drug-likeness (QED) is 0.659. The zero-order valence-corrected chi connectivity index (χ0v) is 16.9. The maximum Gasteiger partial charge on any atom is 0.313 e. The highest BCUT2D eigenvalue weighted by Crippen LogP contribution is 2.21. The monoisotopic (exact) mass is 404 g/mol. The molecule has 0 aliphatic rings. The lowest BCUT2D eigenvalue weighted by molar-refractivity contribution is -0.149. The smallest absolute Gasteiger partial charge is 0.313 e. The van der Waals surface area contributed by atoms with Crippen molar-refractivity contribution in [2.45, 2.75) is 31.1 Å². The summed E-state index contributed by atoms with van der Waals surface area (Å²) in [6, 6.07) is 13.8. The van der Waals surface area contributed by atoms with Crippen LogP contribution in [0.3, 0.4) is 0 Å². The molecule has 150 valence electrons. The molecule has 0 saturated heterocycles. The van der Waals surface area contributed by atoms with Gasteiger partial charge >= 0.3 is 5.97 Å². The van der Waals surface area contributed by atoms with Gasteiger partial charge in [-0.2, -0.15) is 0 Å². The summed E-state index contributed by atoms with van der Waals surface area (Å²) in [4.78, 5) is 24.5. The first-order valence-corrected chi connectivity index (χ1v) is 10.3. The molecular weight excluding hydrogens is 380 g/mol. The Kier molecular flexibility index (Phi) is 7.31. The van der Waals surface area contributed by atoms with E-state index in [1.165, 1.54) is 13.1 Å². The summed E-state index contributed by atoms with van der Waals surface area (Å²) in [5, 5.41) is 2.55. The Morgan fingerprint density at radius 2 is 1.79 bits per heavy atom. The number of carbonyl (C=O) groups excluding carboxylic acids is 2. The number of hydrogen-bond acceptors (Lipinski definition) is 5. The molecule has 2 rings (SSSR count). The number of hydrogen-bond donors (Lipinski definition) is 2. The van der Waals surface area contributed by atoms with Crippen molar-refractivity contribution in [3.63, 3.8) is 0 Å². The third-order valence-corrected chi connectivity index (χ3v) is 5.83. The van der Waals surface area contributed by atoms with Gasteiger partial charge in [0.05, 0.1) is 10.8 Å². The molecule has 0 aliphatic carbocycles. The molecule has 0 fully saturated rings. The molecule has 0 radical (unpaired) electrons. The standard InChI is InChI=1S/C20H24N2O5S/c1-4-17(15-8-6-5-7-9-15)20(24)27-13-19(23)22-16-11-10-14(2)18(12-16)28(25,26)21-3/h5-12,17,21H,4,13H2,1-3H3,(H,22,23)/t17-/m1/s1. The van der Waals surface area contributed by atoms with Crippen molar-refractivity contribution in [2.24, 2.45) is 0 Å². The topological polar surface area (TPSA) is 102 Å². The van der Waals surface area contributed by atoms with Gasteiger partial charge in [-0.05, 0) is 43.7 Å². The Morgan fingerprint density at radius 3 is 2.39 bits per heavy atom. The van der Waals surface area contributed by atoms with Crippen LogP contribution in [0.15, 0.2) is 53.4 Å². The van der Waals surface area contributed by atoms with Crippen molar-refractivity contribution in [3.8, 4) is 0 Å². The molecule has 0 bridgehead atoms. The van der Waals surface area contributed by atoms with Crippen LogP contribution < -0.4 is 10.0 Å². The molecule has 2 aromatic carbocycles. The average molecular weight is 404 g/mol. The fourth-order valence-corrected chi connectivity index (χ4v) is 3.73. The minimum atomic E-state index is -3.64. The molecule has 0 saturated carbocycles. The van der Waals surface area contributed by atoms with E-state index in [1.807, 2.05) is 37.3 Å². The van der Waals surface area contributed by atoms with Crippen molar-refractivity contribution >= 4 is 27.6 Å². The largest absolute Gasteiger partial charge is 0.455 e. The van der Waals surface area contributed by atoms with Crippen LogP contribution in [0, 0.1) is 6.92 Å². The molecule has 8 heteroatoms. The summed E-state index contributed by atoms with van der Waals surface area (Å²) in [6.45, 7) is 3.07. The molecule has 1 amide bonds. The maximum absolute atomic E-state index is 12.3. The highest BCUT2D eigenvalue weighted by Gasteiger charge is 2.21. The van der Waals surface area contributed by atoms with Crippen LogP contribution in [-0.4, -0.2) is 33.9 Å². The average Bonchev–Trinajstić information content (AvgIpc) is 2.69. The zero-order chi connectivity index (χ0) is 20.7. The SMILES string of the molecule is CC[C@@H](C(=O)OCC(=O)Nc1ccc(C)c(S(=O)(=O)NC)c1)c1ccccc1. The van der Waals surface area contributed by atoms with Gasteiger partial charge in [-0.3, -0.25) is 9.59 Å². The van der Waals surface area contributed by atoms with Crippen LogP contribution in [-0.2, 0) is 24.3 Å². The van der Waals surface area contributed by atoms with Gasteiger partial charge in [0.1, 0.15) is 0 Å². The van der Waals surface area contributed by atoms with E-state index in [2.05, 4.69) is 10.0 Å². The number of nitrogens with one attached hydrogen (secondary N) is 2. The van der Waals surface area contributed by atoms with Gasteiger partial charge < -0.3 is 10.1 Å². The molecule has 0 aromatic heterocycles. The summed E-state index contributed by atoms with van der Waals surface area (Å²) < 4.78 is 31.4. The number of esters is 1. The zero-order valence-electron chi connectivity index (χ0n) is 16.1. The summed E-state index contributed by atoms with van der Waals surface area (Å²) >= 11 is 0. The third-order valence-electron chi connectivity index (χ3n) is 4.27. The second kappa shape index (κ2) is 9.48. The summed E-state index contributed by atoms with van der Waals surface area (Å²) in [5.74, 6) is -1.47. The fraction of sp³-hybridized carbons (Fsp3) is 0.300. The minimum absolute atomic E-state index is 0.0694. The third kappa shape index (κ3) is 5.40. The molecule has 7 nitrogen and oxygen atoms in total. The first-order valence-electron chi connectivity index (χ1n) is 8.84. The Bertz CT molecular complexity index is 942. The number of ether oxygens (including phenoxy) is 1. The highest BCUT2D eigenvalue weighted by molar-refractivity contribution is 7.89. The molecular formula is C20H24N2O5S. The molecule has 0 spiro atoms. The van der Waals surface area contributed by atoms with E-state index in [1.54, 1.807) is 19.1 Å². The predicted molar refractivity (Wildman–Crippen MR) is 106 cm³/mol. The lowest BCUT2D eigenvalue weighted by atomic mass is 9.97. The van der Waals surface area contributed by atoms with E-state index in [4.69, 9.17) is 4.74 Å². The van der Waals surface area contributed by atoms with Crippen LogP contribution in [0.25, 0.3) is 0 Å². The molecule has 1 atom stereocenters. The van der Waals surface area contributed by atoms with E-state index >= 15 is 0 Å². The molecule has 0 aliphatic heterocycles. The van der Waals surface area contributed by atoms with Crippen molar-refractivity contribution in [3.05, 3.63) is 59.7 Å². The molecule has 2 aromatic rings. The highest BCUT2D eigenvalue weighted by atomic mass is 32.2. The van der Waals surface area contributed by atoms with Gasteiger partial charge in [-0.15, -0.1) is 0 Å². The second-order valence-corrected chi connectivity index (χ2v) is 8.07. The number of sulfonamides is 1. The van der Waals surface area contributed by atoms with E-state index < -0.39 is 34.4 Å². The van der Waals surface area contributed by atoms with E-state index in [-0.39, 0.29) is 4.90 Å². The maximum atomic E-state index is 12.3. The Balaban J connectivity index is 2.01. The van der Waals surface area contributed by atoms with Crippen molar-refractivity contribution < 1.29 is 22.7 Å². The van der Waals surface area contributed by atoms with Gasteiger partial charge in [0.25, 0.3) is 5.91 Å². The van der Waals surface area contributed by atoms with Crippen LogP contribution in [0.5, 0.6) is 0 Å². The van der Waals surface area contributed by atoms with Gasteiger partial charge in [0, 0.05) is 5.69 Å². The fourth-order valence-electron chi connectivity index (χ4n) is 2.74. The Morgan fingerprint density at radius 1 is 1.11 bits per heavy atom. The minimum Gasteiger partial charge on any atom is -0.455 e. The number of aryl methyl sites for hydroxylation is 1. The van der Waals surface area contributed by atoms with E-state index in [0.29, 0.717) is 17.7 Å². The normalized spacial score (nSPS) is 12.2. The second-order valence-electron chi connectivity index (χ2n) is 6.22. The lowest BCUT2D eigenvalue weighted by Gasteiger charge is -2.15. The number of rotatable bonds is 8. The number of benzene rings is 2. The number of anilines is 1. The van der Waals surface area contributed by atoms with Gasteiger partial charge in [0.15, 0.2) is 6.61 Å². The van der Waals surface area contributed by atoms with Crippen molar-refractivity contribution in [1.82, 2.24) is 4.72 Å². The van der Waals surface area contributed by atoms with E-state index in [0.717, 1.165) is 5.56 Å². The Hall–Kier alpha value is -2.71. The van der Waals surface area contributed by atoms with Gasteiger partial charge in [-0.25, -0.2) is 13.1 Å². The number of carbonyl (C=O) groups is 2.